The molecule has 7 heteroatoms. The minimum Gasteiger partial charge on any atom is -0.492 e. The number of ether oxygens (including phenoxy) is 3. The van der Waals surface area contributed by atoms with Crippen molar-refractivity contribution in [3.8, 4) is 17.2 Å². The average Bonchev–Trinajstić information content (AvgIpc) is 3.21. The van der Waals surface area contributed by atoms with Crippen LogP contribution in [0.4, 0.5) is 4.79 Å². The van der Waals surface area contributed by atoms with Gasteiger partial charge in [0.1, 0.15) is 17.9 Å². The van der Waals surface area contributed by atoms with Gasteiger partial charge >= 0.3 is 6.03 Å². The van der Waals surface area contributed by atoms with Crippen molar-refractivity contribution in [3.63, 3.8) is 0 Å². The molecule has 0 aliphatic carbocycles. The smallest absolute Gasteiger partial charge is 0.325 e. The van der Waals surface area contributed by atoms with Crippen molar-refractivity contribution < 1.29 is 23.8 Å². The summed E-state index contributed by atoms with van der Waals surface area (Å²) < 4.78 is 16.3. The number of hydrogen-bond donors (Lipinski definition) is 1. The fourth-order valence-electron chi connectivity index (χ4n) is 3.19. The van der Waals surface area contributed by atoms with Crippen LogP contribution in [-0.2, 0) is 10.3 Å². The Hall–Kier alpha value is -3.22. The summed E-state index contributed by atoms with van der Waals surface area (Å²) in [5.74, 6) is 1.57. The number of carbonyl (C=O) groups excluding carboxylic acids is 2. The Morgan fingerprint density at radius 2 is 1.85 bits per heavy atom. The largest absolute Gasteiger partial charge is 0.492 e. The molecule has 0 spiro atoms. The van der Waals surface area contributed by atoms with Crippen LogP contribution >= 0.6 is 0 Å². The van der Waals surface area contributed by atoms with Gasteiger partial charge < -0.3 is 19.5 Å². The molecule has 0 bridgehead atoms. The van der Waals surface area contributed by atoms with Gasteiger partial charge in [-0.3, -0.25) is 9.69 Å². The van der Waals surface area contributed by atoms with Crippen molar-refractivity contribution in [2.45, 2.75) is 19.4 Å². The van der Waals surface area contributed by atoms with E-state index in [2.05, 4.69) is 5.32 Å². The van der Waals surface area contributed by atoms with E-state index in [-0.39, 0.29) is 25.9 Å². The maximum Gasteiger partial charge on any atom is 0.325 e. The van der Waals surface area contributed by atoms with Gasteiger partial charge in [-0.05, 0) is 43.7 Å². The van der Waals surface area contributed by atoms with E-state index in [4.69, 9.17) is 14.2 Å². The molecule has 2 heterocycles. The zero-order chi connectivity index (χ0) is 19.0. The Morgan fingerprint density at radius 3 is 2.63 bits per heavy atom. The van der Waals surface area contributed by atoms with Gasteiger partial charge in [0.05, 0.1) is 6.54 Å². The van der Waals surface area contributed by atoms with E-state index in [9.17, 15) is 9.59 Å². The molecule has 1 saturated heterocycles. The normalized spacial score (nSPS) is 20.7. The molecule has 1 atom stereocenters. The van der Waals surface area contributed by atoms with Gasteiger partial charge in [-0.25, -0.2) is 4.79 Å². The SMILES string of the molecule is Cc1ccc(OCCN2C(=O)NC(C)(c3ccc4c(c3)OCO4)C2=O)cc1. The first-order valence-electron chi connectivity index (χ1n) is 8.71. The third-order valence-electron chi connectivity index (χ3n) is 4.83. The van der Waals surface area contributed by atoms with Crippen molar-refractivity contribution >= 4 is 11.9 Å². The number of nitrogens with zero attached hydrogens (tertiary/aromatic N) is 1. The number of benzene rings is 2. The van der Waals surface area contributed by atoms with Crippen molar-refractivity contribution in [2.75, 3.05) is 19.9 Å². The van der Waals surface area contributed by atoms with Crippen LogP contribution in [0.2, 0.25) is 0 Å². The molecule has 0 radical (unpaired) electrons. The molecule has 2 aromatic rings. The quantitative estimate of drug-likeness (QED) is 0.821. The Labute approximate surface area is 156 Å². The maximum absolute atomic E-state index is 12.9. The summed E-state index contributed by atoms with van der Waals surface area (Å²) in [7, 11) is 0. The van der Waals surface area contributed by atoms with Crippen molar-refractivity contribution in [1.29, 1.82) is 0 Å². The summed E-state index contributed by atoms with van der Waals surface area (Å²) in [6.45, 7) is 4.22. The van der Waals surface area contributed by atoms with Gasteiger partial charge in [0.2, 0.25) is 6.79 Å². The summed E-state index contributed by atoms with van der Waals surface area (Å²) >= 11 is 0. The van der Waals surface area contributed by atoms with E-state index < -0.39 is 11.6 Å². The van der Waals surface area contributed by atoms with E-state index in [1.165, 1.54) is 4.90 Å². The second-order valence-corrected chi connectivity index (χ2v) is 6.74. The molecule has 2 aliphatic heterocycles. The number of rotatable bonds is 5. The van der Waals surface area contributed by atoms with E-state index in [0.29, 0.717) is 22.8 Å². The lowest BCUT2D eigenvalue weighted by molar-refractivity contribution is -0.131. The topological polar surface area (TPSA) is 77.1 Å². The summed E-state index contributed by atoms with van der Waals surface area (Å²) in [5.41, 5.74) is 0.630. The number of aryl methyl sites for hydroxylation is 1. The number of nitrogens with one attached hydrogen (secondary N) is 1. The number of hydrogen-bond acceptors (Lipinski definition) is 5. The lowest BCUT2D eigenvalue weighted by atomic mass is 9.91. The summed E-state index contributed by atoms with van der Waals surface area (Å²) in [4.78, 5) is 26.5. The van der Waals surface area contributed by atoms with Gasteiger partial charge in [-0.2, -0.15) is 0 Å². The first-order valence-corrected chi connectivity index (χ1v) is 8.71. The summed E-state index contributed by atoms with van der Waals surface area (Å²) in [6.07, 6.45) is 0. The highest BCUT2D eigenvalue weighted by molar-refractivity contribution is 6.07. The lowest BCUT2D eigenvalue weighted by Gasteiger charge is -2.22. The van der Waals surface area contributed by atoms with Crippen LogP contribution < -0.4 is 19.5 Å². The van der Waals surface area contributed by atoms with Gasteiger partial charge in [-0.1, -0.05) is 23.8 Å². The van der Waals surface area contributed by atoms with Crippen LogP contribution in [0.1, 0.15) is 18.1 Å². The molecule has 7 nitrogen and oxygen atoms in total. The minimum atomic E-state index is -1.15. The lowest BCUT2D eigenvalue weighted by Crippen LogP contribution is -2.41. The van der Waals surface area contributed by atoms with E-state index in [0.717, 1.165) is 5.56 Å². The zero-order valence-electron chi connectivity index (χ0n) is 15.2. The molecule has 1 fully saturated rings. The molecule has 140 valence electrons. The van der Waals surface area contributed by atoms with Crippen LogP contribution in [0.25, 0.3) is 0 Å². The number of amides is 3. The summed E-state index contributed by atoms with van der Waals surface area (Å²) in [6, 6.07) is 12.4. The third-order valence-corrected chi connectivity index (χ3v) is 4.83. The van der Waals surface area contributed by atoms with Crippen LogP contribution in [0.3, 0.4) is 0 Å². The predicted octanol–water partition coefficient (Wildman–Crippen LogP) is 2.57. The highest BCUT2D eigenvalue weighted by atomic mass is 16.7. The highest BCUT2D eigenvalue weighted by Gasteiger charge is 2.49. The van der Waals surface area contributed by atoms with Gasteiger partial charge in [0.15, 0.2) is 11.5 Å². The van der Waals surface area contributed by atoms with Gasteiger partial charge in [0.25, 0.3) is 5.91 Å². The molecule has 27 heavy (non-hydrogen) atoms. The Kier molecular flexibility index (Phi) is 4.14. The van der Waals surface area contributed by atoms with E-state index in [1.807, 2.05) is 31.2 Å². The fraction of sp³-hybridized carbons (Fsp3) is 0.300. The Morgan fingerprint density at radius 1 is 1.11 bits per heavy atom. The first-order chi connectivity index (χ1) is 13.0. The second kappa shape index (κ2) is 6.50. The van der Waals surface area contributed by atoms with Crippen molar-refractivity contribution in [2.24, 2.45) is 0 Å². The van der Waals surface area contributed by atoms with Crippen LogP contribution in [0.5, 0.6) is 17.2 Å². The average molecular weight is 368 g/mol. The van der Waals surface area contributed by atoms with Crippen LogP contribution in [-0.4, -0.2) is 36.8 Å². The highest BCUT2D eigenvalue weighted by Crippen LogP contribution is 2.37. The molecular weight excluding hydrogens is 348 g/mol. The van der Waals surface area contributed by atoms with Crippen molar-refractivity contribution in [1.82, 2.24) is 10.2 Å². The monoisotopic (exact) mass is 368 g/mol. The molecule has 1 unspecified atom stereocenters. The van der Waals surface area contributed by atoms with Crippen molar-refractivity contribution in [3.05, 3.63) is 53.6 Å². The third kappa shape index (κ3) is 3.05. The number of fused-ring (bicyclic) bond motifs is 1. The number of urea groups is 1. The molecule has 4 rings (SSSR count). The zero-order valence-corrected chi connectivity index (χ0v) is 15.2. The standard InChI is InChI=1S/C20H20N2O5/c1-13-3-6-15(7-4-13)25-10-9-22-18(23)20(2,21-19(22)24)14-5-8-16-17(11-14)27-12-26-16/h3-8,11H,9-10,12H2,1-2H3,(H,21,24). The Balaban J connectivity index is 1.45. The molecule has 2 aromatic carbocycles. The van der Waals surface area contributed by atoms with Gasteiger partial charge in [0, 0.05) is 0 Å². The maximum atomic E-state index is 12.9. The van der Waals surface area contributed by atoms with Gasteiger partial charge in [-0.15, -0.1) is 0 Å². The molecule has 1 N–H and O–H groups in total. The number of carbonyl (C=O) groups is 2. The van der Waals surface area contributed by atoms with E-state index in [1.54, 1.807) is 25.1 Å². The molecule has 3 amide bonds. The molecule has 2 aliphatic rings. The van der Waals surface area contributed by atoms with Crippen LogP contribution in [0.15, 0.2) is 42.5 Å². The molecule has 0 saturated carbocycles. The number of imide groups is 1. The molecule has 0 aromatic heterocycles. The second-order valence-electron chi connectivity index (χ2n) is 6.74. The summed E-state index contributed by atoms with van der Waals surface area (Å²) in [5, 5.41) is 2.78. The first kappa shape index (κ1) is 17.2. The molecular formula is C20H20N2O5. The predicted molar refractivity (Wildman–Crippen MR) is 96.8 cm³/mol. The fourth-order valence-corrected chi connectivity index (χ4v) is 3.19. The van der Waals surface area contributed by atoms with Crippen LogP contribution in [0, 0.1) is 6.92 Å². The minimum absolute atomic E-state index is 0.151. The Bertz CT molecular complexity index is 896. The van der Waals surface area contributed by atoms with E-state index >= 15 is 0 Å².